The molecule has 0 aromatic heterocycles. The second-order valence-electron chi connectivity index (χ2n) is 5.87. The van der Waals surface area contributed by atoms with Crippen LogP contribution in [0.1, 0.15) is 13.8 Å². The van der Waals surface area contributed by atoms with Crippen LogP contribution in [-0.4, -0.2) is 49.2 Å². The standard InChI is InChI=1S/C15H22F2N4O/c1-15(2)10-22-8-7-21(15)6-5-19-14(18)20-13-9-11(16)3-4-12(13)17/h3-4,9H,5-8,10H2,1-2H3,(H3,18,19,20). The van der Waals surface area contributed by atoms with Crippen molar-refractivity contribution in [2.24, 2.45) is 10.7 Å². The minimum Gasteiger partial charge on any atom is -0.378 e. The van der Waals surface area contributed by atoms with Gasteiger partial charge in [0.05, 0.1) is 25.4 Å². The summed E-state index contributed by atoms with van der Waals surface area (Å²) in [6, 6.07) is 3.14. The van der Waals surface area contributed by atoms with Gasteiger partial charge in [-0.15, -0.1) is 0 Å². The first-order valence-electron chi connectivity index (χ1n) is 7.23. The monoisotopic (exact) mass is 312 g/mol. The molecule has 1 saturated heterocycles. The van der Waals surface area contributed by atoms with Crippen molar-refractivity contribution >= 4 is 11.6 Å². The Kier molecular flexibility index (Phi) is 5.31. The van der Waals surface area contributed by atoms with Gasteiger partial charge in [-0.1, -0.05) is 0 Å². The number of aliphatic imine (C=N–C) groups is 1. The number of halogens is 2. The number of morpholine rings is 1. The third-order valence-electron chi connectivity index (χ3n) is 3.66. The molecule has 5 nitrogen and oxygen atoms in total. The lowest BCUT2D eigenvalue weighted by atomic mass is 10.0. The zero-order valence-electron chi connectivity index (χ0n) is 12.9. The first-order valence-corrected chi connectivity index (χ1v) is 7.23. The molecular formula is C15H22F2N4O. The van der Waals surface area contributed by atoms with Crippen LogP contribution < -0.4 is 11.1 Å². The number of benzene rings is 1. The second-order valence-corrected chi connectivity index (χ2v) is 5.87. The Balaban J connectivity index is 1.89. The van der Waals surface area contributed by atoms with Gasteiger partial charge in [-0.05, 0) is 26.0 Å². The lowest BCUT2D eigenvalue weighted by Crippen LogP contribution is -2.53. The Morgan fingerprint density at radius 3 is 2.95 bits per heavy atom. The third kappa shape index (κ3) is 4.38. The average molecular weight is 312 g/mol. The molecular weight excluding hydrogens is 290 g/mol. The molecule has 0 saturated carbocycles. The normalized spacial score (nSPS) is 19.2. The van der Waals surface area contributed by atoms with Gasteiger partial charge in [-0.2, -0.15) is 0 Å². The summed E-state index contributed by atoms with van der Waals surface area (Å²) >= 11 is 0. The van der Waals surface area contributed by atoms with Crippen molar-refractivity contribution in [3.63, 3.8) is 0 Å². The molecule has 0 radical (unpaired) electrons. The van der Waals surface area contributed by atoms with Crippen LogP contribution in [0, 0.1) is 11.6 Å². The molecule has 1 fully saturated rings. The number of nitrogens with one attached hydrogen (secondary N) is 1. The van der Waals surface area contributed by atoms with E-state index in [1.807, 2.05) is 0 Å². The number of ether oxygens (including phenoxy) is 1. The summed E-state index contributed by atoms with van der Waals surface area (Å²) in [5, 5.41) is 2.58. The van der Waals surface area contributed by atoms with Crippen LogP contribution in [-0.2, 0) is 4.74 Å². The molecule has 122 valence electrons. The summed E-state index contributed by atoms with van der Waals surface area (Å²) in [6.07, 6.45) is 0. The molecule has 0 bridgehead atoms. The number of rotatable bonds is 4. The molecule has 7 heteroatoms. The van der Waals surface area contributed by atoms with Gasteiger partial charge in [0.25, 0.3) is 0 Å². The topological polar surface area (TPSA) is 62.9 Å². The number of anilines is 1. The Morgan fingerprint density at radius 2 is 2.23 bits per heavy atom. The number of nitrogens with zero attached hydrogens (tertiary/aromatic N) is 2. The third-order valence-corrected chi connectivity index (χ3v) is 3.66. The van der Waals surface area contributed by atoms with Gasteiger partial charge < -0.3 is 15.8 Å². The zero-order valence-corrected chi connectivity index (χ0v) is 12.9. The first kappa shape index (κ1) is 16.6. The van der Waals surface area contributed by atoms with Gasteiger partial charge in [-0.3, -0.25) is 9.89 Å². The predicted octanol–water partition coefficient (Wildman–Crippen LogP) is 1.80. The average Bonchev–Trinajstić information content (AvgIpc) is 2.44. The summed E-state index contributed by atoms with van der Waals surface area (Å²) < 4.78 is 32.0. The van der Waals surface area contributed by atoms with E-state index in [0.29, 0.717) is 19.8 Å². The highest BCUT2D eigenvalue weighted by atomic mass is 19.1. The van der Waals surface area contributed by atoms with Gasteiger partial charge in [-0.25, -0.2) is 8.78 Å². The van der Waals surface area contributed by atoms with Crippen LogP contribution in [0.4, 0.5) is 14.5 Å². The van der Waals surface area contributed by atoms with E-state index in [0.717, 1.165) is 31.3 Å². The molecule has 1 aromatic rings. The Labute approximate surface area is 129 Å². The maximum Gasteiger partial charge on any atom is 0.193 e. The lowest BCUT2D eigenvalue weighted by Gasteiger charge is -2.41. The zero-order chi connectivity index (χ0) is 16.2. The summed E-state index contributed by atoms with van der Waals surface area (Å²) in [7, 11) is 0. The van der Waals surface area contributed by atoms with E-state index in [1.165, 1.54) is 0 Å². The molecule has 2 rings (SSSR count). The summed E-state index contributed by atoms with van der Waals surface area (Å²) in [4.78, 5) is 6.44. The van der Waals surface area contributed by atoms with Crippen LogP contribution in [0.5, 0.6) is 0 Å². The van der Waals surface area contributed by atoms with E-state index in [1.54, 1.807) is 0 Å². The van der Waals surface area contributed by atoms with E-state index < -0.39 is 11.6 Å². The summed E-state index contributed by atoms with van der Waals surface area (Å²) in [6.45, 7) is 7.64. The summed E-state index contributed by atoms with van der Waals surface area (Å²) in [5.41, 5.74) is 5.66. The number of guanidine groups is 1. The van der Waals surface area contributed by atoms with Gasteiger partial charge >= 0.3 is 0 Å². The van der Waals surface area contributed by atoms with Crippen LogP contribution in [0.25, 0.3) is 0 Å². The van der Waals surface area contributed by atoms with E-state index in [2.05, 4.69) is 29.1 Å². The molecule has 0 spiro atoms. The molecule has 0 aliphatic carbocycles. The molecule has 1 heterocycles. The number of hydrogen-bond acceptors (Lipinski definition) is 3. The highest BCUT2D eigenvalue weighted by Crippen LogP contribution is 2.18. The Hall–Kier alpha value is -1.73. The van der Waals surface area contributed by atoms with Crippen molar-refractivity contribution in [2.45, 2.75) is 19.4 Å². The van der Waals surface area contributed by atoms with Crippen LogP contribution in [0.2, 0.25) is 0 Å². The Morgan fingerprint density at radius 1 is 1.45 bits per heavy atom. The summed E-state index contributed by atoms with van der Waals surface area (Å²) in [5.74, 6) is -1.05. The largest absolute Gasteiger partial charge is 0.378 e. The van der Waals surface area contributed by atoms with Crippen molar-refractivity contribution in [1.29, 1.82) is 0 Å². The highest BCUT2D eigenvalue weighted by Gasteiger charge is 2.29. The van der Waals surface area contributed by atoms with Crippen molar-refractivity contribution in [1.82, 2.24) is 4.90 Å². The van der Waals surface area contributed by atoms with Gasteiger partial charge in [0, 0.05) is 24.7 Å². The molecule has 22 heavy (non-hydrogen) atoms. The van der Waals surface area contributed by atoms with Crippen molar-refractivity contribution < 1.29 is 13.5 Å². The van der Waals surface area contributed by atoms with E-state index in [4.69, 9.17) is 10.5 Å². The van der Waals surface area contributed by atoms with Gasteiger partial charge in [0.2, 0.25) is 0 Å². The van der Waals surface area contributed by atoms with Gasteiger partial charge in [0.1, 0.15) is 11.6 Å². The maximum atomic E-state index is 13.5. The minimum absolute atomic E-state index is 0.0204. The minimum atomic E-state index is -0.575. The van der Waals surface area contributed by atoms with E-state index in [-0.39, 0.29) is 17.2 Å². The molecule has 3 N–H and O–H groups in total. The Bertz CT molecular complexity index is 548. The highest BCUT2D eigenvalue weighted by molar-refractivity contribution is 5.92. The van der Waals surface area contributed by atoms with E-state index >= 15 is 0 Å². The molecule has 1 aliphatic heterocycles. The fourth-order valence-corrected chi connectivity index (χ4v) is 2.37. The SMILES string of the molecule is CC1(C)COCCN1CCN=C(N)Nc1cc(F)ccc1F. The number of nitrogens with two attached hydrogens (primary N) is 1. The quantitative estimate of drug-likeness (QED) is 0.657. The molecule has 1 aromatic carbocycles. The predicted molar refractivity (Wildman–Crippen MR) is 82.9 cm³/mol. The smallest absolute Gasteiger partial charge is 0.193 e. The van der Waals surface area contributed by atoms with Crippen molar-refractivity contribution in [3.05, 3.63) is 29.8 Å². The molecule has 0 atom stereocenters. The molecule has 0 unspecified atom stereocenters. The molecule has 0 amide bonds. The fourth-order valence-electron chi connectivity index (χ4n) is 2.37. The van der Waals surface area contributed by atoms with Crippen LogP contribution in [0.3, 0.4) is 0 Å². The van der Waals surface area contributed by atoms with Crippen molar-refractivity contribution in [3.8, 4) is 0 Å². The van der Waals surface area contributed by atoms with Crippen molar-refractivity contribution in [2.75, 3.05) is 38.2 Å². The van der Waals surface area contributed by atoms with Crippen LogP contribution in [0.15, 0.2) is 23.2 Å². The first-order chi connectivity index (χ1) is 10.4. The fraction of sp³-hybridized carbons (Fsp3) is 0.533. The second kappa shape index (κ2) is 7.02. The lowest BCUT2D eigenvalue weighted by molar-refractivity contribution is -0.0491. The maximum absolute atomic E-state index is 13.5. The molecule has 1 aliphatic rings. The van der Waals surface area contributed by atoms with Crippen LogP contribution >= 0.6 is 0 Å². The van der Waals surface area contributed by atoms with E-state index in [9.17, 15) is 8.78 Å². The number of hydrogen-bond donors (Lipinski definition) is 2. The van der Waals surface area contributed by atoms with Gasteiger partial charge in [0.15, 0.2) is 5.96 Å².